The molecule has 4 rings (SSSR count). The van der Waals surface area contributed by atoms with Gasteiger partial charge in [-0.25, -0.2) is 9.69 Å². The number of halogens is 1. The number of barbiturate groups is 1. The van der Waals surface area contributed by atoms with Crippen LogP contribution in [0.15, 0.2) is 60.2 Å². The molecule has 2 aromatic carbocycles. The molecule has 1 N–H and O–H groups in total. The van der Waals surface area contributed by atoms with Crippen molar-refractivity contribution in [2.45, 2.75) is 20.8 Å². The van der Waals surface area contributed by atoms with Crippen LogP contribution in [-0.2, 0) is 9.59 Å². The topological polar surface area (TPSA) is 80.6 Å². The Bertz CT molecular complexity index is 1270. The van der Waals surface area contributed by atoms with Crippen LogP contribution in [0.5, 0.6) is 5.75 Å². The number of nitrogens with zero attached hydrogens (tertiary/aromatic N) is 2. The molecule has 0 radical (unpaired) electrons. The zero-order valence-electron chi connectivity index (χ0n) is 18.4. The van der Waals surface area contributed by atoms with Gasteiger partial charge in [0, 0.05) is 22.1 Å². The van der Waals surface area contributed by atoms with E-state index in [0.717, 1.165) is 27.7 Å². The third-order valence-electron chi connectivity index (χ3n) is 5.36. The van der Waals surface area contributed by atoms with Crippen molar-refractivity contribution < 1.29 is 19.1 Å². The molecule has 0 spiro atoms. The Labute approximate surface area is 196 Å². The van der Waals surface area contributed by atoms with Gasteiger partial charge in [0.05, 0.1) is 12.3 Å². The van der Waals surface area contributed by atoms with Crippen LogP contribution >= 0.6 is 11.6 Å². The van der Waals surface area contributed by atoms with Crippen LogP contribution < -0.4 is 15.0 Å². The molecule has 1 aliphatic rings. The van der Waals surface area contributed by atoms with E-state index in [1.54, 1.807) is 24.3 Å². The van der Waals surface area contributed by atoms with E-state index >= 15 is 0 Å². The van der Waals surface area contributed by atoms with E-state index in [-0.39, 0.29) is 5.57 Å². The highest BCUT2D eigenvalue weighted by molar-refractivity contribution is 6.39. The molecule has 1 fully saturated rings. The Morgan fingerprint density at radius 1 is 0.970 bits per heavy atom. The number of urea groups is 1. The van der Waals surface area contributed by atoms with Crippen LogP contribution in [0.2, 0.25) is 5.02 Å². The summed E-state index contributed by atoms with van der Waals surface area (Å²) in [4.78, 5) is 39.0. The van der Waals surface area contributed by atoms with Crippen LogP contribution in [0.1, 0.15) is 23.9 Å². The molecule has 1 saturated heterocycles. The van der Waals surface area contributed by atoms with Gasteiger partial charge in [-0.1, -0.05) is 11.6 Å². The molecule has 4 amide bonds. The van der Waals surface area contributed by atoms with Gasteiger partial charge in [0.2, 0.25) is 0 Å². The maximum Gasteiger partial charge on any atom is 0.335 e. The molecule has 0 atom stereocenters. The van der Waals surface area contributed by atoms with Gasteiger partial charge >= 0.3 is 6.03 Å². The average Bonchev–Trinajstić information content (AvgIpc) is 3.06. The number of rotatable bonds is 5. The highest BCUT2D eigenvalue weighted by atomic mass is 35.5. The summed E-state index contributed by atoms with van der Waals surface area (Å²) in [6.45, 7) is 6.36. The molecule has 33 heavy (non-hydrogen) atoms. The summed E-state index contributed by atoms with van der Waals surface area (Å²) in [5.41, 5.74) is 3.59. The number of carbonyl (C=O) groups excluding carboxylic acids is 3. The van der Waals surface area contributed by atoms with Gasteiger partial charge in [0.1, 0.15) is 11.3 Å². The van der Waals surface area contributed by atoms with Crippen molar-refractivity contribution in [1.82, 2.24) is 9.88 Å². The first-order valence-electron chi connectivity index (χ1n) is 10.4. The molecular formula is C25H22ClN3O4. The van der Waals surface area contributed by atoms with Crippen molar-refractivity contribution in [2.24, 2.45) is 0 Å². The Morgan fingerprint density at radius 2 is 1.61 bits per heavy atom. The van der Waals surface area contributed by atoms with Crippen LogP contribution in [-0.4, -0.2) is 29.0 Å². The fourth-order valence-electron chi connectivity index (χ4n) is 3.83. The summed E-state index contributed by atoms with van der Waals surface area (Å²) in [5, 5.41) is 2.71. The Balaban J connectivity index is 1.71. The van der Waals surface area contributed by atoms with E-state index in [9.17, 15) is 14.4 Å². The van der Waals surface area contributed by atoms with Crippen LogP contribution in [0.4, 0.5) is 10.5 Å². The lowest BCUT2D eigenvalue weighted by Gasteiger charge is -2.26. The lowest BCUT2D eigenvalue weighted by molar-refractivity contribution is -0.122. The highest BCUT2D eigenvalue weighted by Gasteiger charge is 2.37. The minimum atomic E-state index is -0.802. The summed E-state index contributed by atoms with van der Waals surface area (Å²) < 4.78 is 7.53. The number of hydrogen-bond donors (Lipinski definition) is 1. The zero-order valence-corrected chi connectivity index (χ0v) is 19.1. The normalized spacial score (nSPS) is 15.2. The van der Waals surface area contributed by atoms with Gasteiger partial charge in [-0.2, -0.15) is 0 Å². The second-order valence-electron chi connectivity index (χ2n) is 7.52. The van der Waals surface area contributed by atoms with E-state index in [0.29, 0.717) is 22.9 Å². The Hall–Kier alpha value is -3.84. The first-order chi connectivity index (χ1) is 15.8. The number of aryl methyl sites for hydroxylation is 1. The van der Waals surface area contributed by atoms with Gasteiger partial charge in [-0.3, -0.25) is 14.9 Å². The first kappa shape index (κ1) is 22.4. The molecular weight excluding hydrogens is 442 g/mol. The van der Waals surface area contributed by atoms with E-state index in [1.165, 1.54) is 6.08 Å². The second kappa shape index (κ2) is 8.96. The van der Waals surface area contributed by atoms with E-state index in [2.05, 4.69) is 5.32 Å². The summed E-state index contributed by atoms with van der Waals surface area (Å²) in [5.74, 6) is -0.652. The summed E-state index contributed by atoms with van der Waals surface area (Å²) >= 11 is 5.91. The van der Waals surface area contributed by atoms with Gasteiger partial charge in [-0.15, -0.1) is 0 Å². The van der Waals surface area contributed by atoms with Crippen molar-refractivity contribution in [3.8, 4) is 11.4 Å². The monoisotopic (exact) mass is 463 g/mol. The molecule has 1 aliphatic heterocycles. The first-order valence-corrected chi connectivity index (χ1v) is 10.8. The summed E-state index contributed by atoms with van der Waals surface area (Å²) in [6, 6.07) is 15.0. The number of aromatic nitrogens is 1. The number of nitrogens with one attached hydrogen (secondary N) is 1. The van der Waals surface area contributed by atoms with Crippen LogP contribution in [0.3, 0.4) is 0 Å². The molecule has 3 aromatic rings. The van der Waals surface area contributed by atoms with Gasteiger partial charge in [0.15, 0.2) is 0 Å². The minimum Gasteiger partial charge on any atom is -0.494 e. The third kappa shape index (κ3) is 4.27. The van der Waals surface area contributed by atoms with Crippen molar-refractivity contribution in [3.05, 3.63) is 82.1 Å². The Kier molecular flexibility index (Phi) is 6.07. The molecule has 0 aliphatic carbocycles. The molecule has 1 aromatic heterocycles. The summed E-state index contributed by atoms with van der Waals surface area (Å²) in [7, 11) is 0. The number of carbonyl (C=O) groups is 3. The molecule has 0 bridgehead atoms. The largest absolute Gasteiger partial charge is 0.494 e. The standard InChI is InChI=1S/C25H22ClN3O4/c1-4-33-21-11-9-19(10-12-21)28-15(2)13-17(16(28)3)14-22-23(30)27-25(32)29(24(22)31)20-7-5-18(26)6-8-20/h5-14H,4H2,1-3H3,(H,27,30,32)/b22-14+. The van der Waals surface area contributed by atoms with Gasteiger partial charge in [0.25, 0.3) is 11.8 Å². The Morgan fingerprint density at radius 3 is 2.24 bits per heavy atom. The predicted octanol–water partition coefficient (Wildman–Crippen LogP) is 4.81. The average molecular weight is 464 g/mol. The van der Waals surface area contributed by atoms with Crippen molar-refractivity contribution >= 4 is 41.2 Å². The second-order valence-corrected chi connectivity index (χ2v) is 7.96. The fraction of sp³-hybridized carbons (Fsp3) is 0.160. The predicted molar refractivity (Wildman–Crippen MR) is 127 cm³/mol. The number of ether oxygens (including phenoxy) is 1. The maximum atomic E-state index is 13.1. The number of imide groups is 2. The molecule has 2 heterocycles. The molecule has 168 valence electrons. The quantitative estimate of drug-likeness (QED) is 0.435. The van der Waals surface area contributed by atoms with Crippen molar-refractivity contribution in [3.63, 3.8) is 0 Å². The third-order valence-corrected chi connectivity index (χ3v) is 5.61. The van der Waals surface area contributed by atoms with E-state index < -0.39 is 17.8 Å². The molecule has 8 heteroatoms. The van der Waals surface area contributed by atoms with E-state index in [4.69, 9.17) is 16.3 Å². The van der Waals surface area contributed by atoms with Crippen LogP contribution in [0, 0.1) is 13.8 Å². The smallest absolute Gasteiger partial charge is 0.335 e. The SMILES string of the molecule is CCOc1ccc(-n2c(C)cc(/C=C3\C(=O)NC(=O)N(c4ccc(Cl)cc4)C3=O)c2C)cc1. The molecule has 7 nitrogen and oxygen atoms in total. The lowest BCUT2D eigenvalue weighted by Crippen LogP contribution is -2.54. The number of amides is 4. The lowest BCUT2D eigenvalue weighted by atomic mass is 10.1. The van der Waals surface area contributed by atoms with E-state index in [1.807, 2.05) is 55.7 Å². The number of hydrogen-bond acceptors (Lipinski definition) is 4. The minimum absolute atomic E-state index is 0.128. The summed E-state index contributed by atoms with van der Waals surface area (Å²) in [6.07, 6.45) is 1.51. The highest BCUT2D eigenvalue weighted by Crippen LogP contribution is 2.27. The van der Waals surface area contributed by atoms with Crippen molar-refractivity contribution in [2.75, 3.05) is 11.5 Å². The van der Waals surface area contributed by atoms with Crippen molar-refractivity contribution in [1.29, 1.82) is 0 Å². The van der Waals surface area contributed by atoms with Gasteiger partial charge in [-0.05, 0) is 87.0 Å². The van der Waals surface area contributed by atoms with Crippen LogP contribution in [0.25, 0.3) is 11.8 Å². The maximum absolute atomic E-state index is 13.1. The number of anilines is 1. The molecule has 0 saturated carbocycles. The van der Waals surface area contributed by atoms with Gasteiger partial charge < -0.3 is 9.30 Å². The number of benzene rings is 2. The zero-order chi connectivity index (χ0) is 23.7. The molecule has 0 unspecified atom stereocenters. The fourth-order valence-corrected chi connectivity index (χ4v) is 3.95.